The molecule has 2 aromatic rings. The summed E-state index contributed by atoms with van der Waals surface area (Å²) in [4.78, 5) is 24.2. The second-order valence-corrected chi connectivity index (χ2v) is 7.67. The number of hydrogen-bond acceptors (Lipinski definition) is 4. The monoisotopic (exact) mass is 358 g/mol. The SMILES string of the molecule is CCc1ccccc1NC(=O)c1ccc(N2C(=O)CCS2(=O)=O)cc1. The largest absolute Gasteiger partial charge is 0.322 e. The van der Waals surface area contributed by atoms with Crippen LogP contribution in [0, 0.1) is 0 Å². The lowest BCUT2D eigenvalue weighted by Gasteiger charge is -2.15. The first-order chi connectivity index (χ1) is 11.9. The van der Waals surface area contributed by atoms with Crippen LogP contribution < -0.4 is 9.62 Å². The fourth-order valence-electron chi connectivity index (χ4n) is 2.76. The number of rotatable bonds is 4. The molecule has 1 fully saturated rings. The summed E-state index contributed by atoms with van der Waals surface area (Å²) >= 11 is 0. The Morgan fingerprint density at radius 2 is 1.80 bits per heavy atom. The van der Waals surface area contributed by atoms with Crippen molar-refractivity contribution < 1.29 is 18.0 Å². The van der Waals surface area contributed by atoms with Crippen LogP contribution in [0.5, 0.6) is 0 Å². The minimum Gasteiger partial charge on any atom is -0.322 e. The van der Waals surface area contributed by atoms with Gasteiger partial charge in [-0.2, -0.15) is 0 Å². The average molecular weight is 358 g/mol. The highest BCUT2D eigenvalue weighted by Gasteiger charge is 2.36. The van der Waals surface area contributed by atoms with Gasteiger partial charge in [0.25, 0.3) is 5.91 Å². The van der Waals surface area contributed by atoms with E-state index < -0.39 is 15.9 Å². The second-order valence-electron chi connectivity index (χ2n) is 5.74. The van der Waals surface area contributed by atoms with Gasteiger partial charge in [-0.3, -0.25) is 9.59 Å². The van der Waals surface area contributed by atoms with Gasteiger partial charge >= 0.3 is 0 Å². The van der Waals surface area contributed by atoms with Crippen LogP contribution in [0.4, 0.5) is 11.4 Å². The molecule has 1 aliphatic heterocycles. The molecule has 130 valence electrons. The number of para-hydroxylation sites is 1. The molecule has 0 saturated carbocycles. The van der Waals surface area contributed by atoms with E-state index in [0.717, 1.165) is 22.0 Å². The Morgan fingerprint density at radius 1 is 1.12 bits per heavy atom. The topological polar surface area (TPSA) is 83.6 Å². The zero-order chi connectivity index (χ0) is 18.0. The number of anilines is 2. The van der Waals surface area contributed by atoms with E-state index in [0.29, 0.717) is 5.56 Å². The maximum atomic E-state index is 12.4. The van der Waals surface area contributed by atoms with Crippen LogP contribution in [0.2, 0.25) is 0 Å². The molecule has 1 saturated heterocycles. The van der Waals surface area contributed by atoms with Gasteiger partial charge in [-0.1, -0.05) is 25.1 Å². The molecule has 6 nitrogen and oxygen atoms in total. The summed E-state index contributed by atoms with van der Waals surface area (Å²) in [7, 11) is -3.60. The van der Waals surface area contributed by atoms with Gasteiger partial charge in [-0.05, 0) is 42.3 Å². The van der Waals surface area contributed by atoms with E-state index in [4.69, 9.17) is 0 Å². The number of carbonyl (C=O) groups is 2. The van der Waals surface area contributed by atoms with E-state index in [2.05, 4.69) is 5.32 Å². The molecule has 0 bridgehead atoms. The van der Waals surface area contributed by atoms with Crippen LogP contribution in [0.1, 0.15) is 29.3 Å². The summed E-state index contributed by atoms with van der Waals surface area (Å²) in [5, 5.41) is 2.85. The number of aryl methyl sites for hydroxylation is 1. The van der Waals surface area contributed by atoms with Crippen molar-refractivity contribution >= 4 is 33.2 Å². The first-order valence-electron chi connectivity index (χ1n) is 7.97. The normalized spacial score (nSPS) is 16.0. The molecule has 2 aromatic carbocycles. The van der Waals surface area contributed by atoms with Gasteiger partial charge in [-0.15, -0.1) is 0 Å². The average Bonchev–Trinajstić information content (AvgIpc) is 2.88. The lowest BCUT2D eigenvalue weighted by molar-refractivity contribution is -0.116. The third kappa shape index (κ3) is 3.41. The van der Waals surface area contributed by atoms with Crippen LogP contribution in [-0.4, -0.2) is 26.0 Å². The van der Waals surface area contributed by atoms with E-state index in [1.807, 2.05) is 31.2 Å². The summed E-state index contributed by atoms with van der Waals surface area (Å²) in [6.45, 7) is 2.01. The van der Waals surface area contributed by atoms with Crippen LogP contribution in [-0.2, 0) is 21.2 Å². The van der Waals surface area contributed by atoms with Crippen molar-refractivity contribution in [2.24, 2.45) is 0 Å². The second kappa shape index (κ2) is 6.68. The molecular weight excluding hydrogens is 340 g/mol. The molecule has 0 aromatic heterocycles. The van der Waals surface area contributed by atoms with Gasteiger partial charge in [0.05, 0.1) is 11.4 Å². The lowest BCUT2D eigenvalue weighted by atomic mass is 10.1. The quantitative estimate of drug-likeness (QED) is 0.910. The van der Waals surface area contributed by atoms with E-state index in [1.54, 1.807) is 0 Å². The number of benzene rings is 2. The maximum Gasteiger partial charge on any atom is 0.255 e. The molecule has 7 heteroatoms. The summed E-state index contributed by atoms with van der Waals surface area (Å²) in [5.74, 6) is -0.917. The summed E-state index contributed by atoms with van der Waals surface area (Å²) in [6.07, 6.45) is 0.780. The third-order valence-electron chi connectivity index (χ3n) is 4.09. The third-order valence-corrected chi connectivity index (χ3v) is 5.78. The molecule has 0 atom stereocenters. The first kappa shape index (κ1) is 17.2. The van der Waals surface area contributed by atoms with Crippen molar-refractivity contribution in [2.75, 3.05) is 15.4 Å². The van der Waals surface area contributed by atoms with E-state index in [-0.39, 0.29) is 23.8 Å². The standard InChI is InChI=1S/C18H18N2O4S/c1-2-13-5-3-4-6-16(13)19-18(22)14-7-9-15(10-8-14)20-17(21)11-12-25(20,23)24/h3-10H,2,11-12H2,1H3,(H,19,22). The zero-order valence-electron chi connectivity index (χ0n) is 13.7. The summed E-state index contributed by atoms with van der Waals surface area (Å²) < 4.78 is 24.7. The number of carbonyl (C=O) groups excluding carboxylic acids is 2. The minimum absolute atomic E-state index is 0.0155. The highest BCUT2D eigenvalue weighted by Crippen LogP contribution is 2.25. The highest BCUT2D eigenvalue weighted by molar-refractivity contribution is 7.94. The molecule has 1 heterocycles. The zero-order valence-corrected chi connectivity index (χ0v) is 14.5. The van der Waals surface area contributed by atoms with Gasteiger partial charge in [0, 0.05) is 17.7 Å². The Labute approximate surface area is 146 Å². The first-order valence-corrected chi connectivity index (χ1v) is 9.58. The Kier molecular flexibility index (Phi) is 4.59. The smallest absolute Gasteiger partial charge is 0.255 e. The van der Waals surface area contributed by atoms with E-state index in [1.165, 1.54) is 24.3 Å². The molecule has 0 aliphatic carbocycles. The fraction of sp³-hybridized carbons (Fsp3) is 0.222. The van der Waals surface area contributed by atoms with Crippen LogP contribution in [0.3, 0.4) is 0 Å². The Balaban J connectivity index is 1.81. The Hall–Kier alpha value is -2.67. The van der Waals surface area contributed by atoms with Crippen LogP contribution >= 0.6 is 0 Å². The molecule has 0 spiro atoms. The molecule has 3 rings (SSSR count). The Morgan fingerprint density at radius 3 is 2.40 bits per heavy atom. The molecule has 2 amide bonds. The number of nitrogens with one attached hydrogen (secondary N) is 1. The summed E-state index contributed by atoms with van der Waals surface area (Å²) in [5.41, 5.74) is 2.42. The molecule has 0 unspecified atom stereocenters. The van der Waals surface area contributed by atoms with Gasteiger partial charge in [0.1, 0.15) is 0 Å². The molecule has 25 heavy (non-hydrogen) atoms. The van der Waals surface area contributed by atoms with Crippen molar-refractivity contribution in [3.8, 4) is 0 Å². The van der Waals surface area contributed by atoms with Gasteiger partial charge < -0.3 is 5.32 Å². The predicted molar refractivity (Wildman–Crippen MR) is 96.1 cm³/mol. The molecule has 1 aliphatic rings. The van der Waals surface area contributed by atoms with Gasteiger partial charge in [-0.25, -0.2) is 12.7 Å². The predicted octanol–water partition coefficient (Wildman–Crippen LogP) is 2.57. The fourth-order valence-corrected chi connectivity index (χ4v) is 4.22. The van der Waals surface area contributed by atoms with Crippen LogP contribution in [0.25, 0.3) is 0 Å². The molecular formula is C18H18N2O4S. The molecule has 0 radical (unpaired) electrons. The number of amides is 2. The van der Waals surface area contributed by atoms with E-state index >= 15 is 0 Å². The molecule has 1 N–H and O–H groups in total. The number of hydrogen-bond donors (Lipinski definition) is 1. The number of sulfonamides is 1. The van der Waals surface area contributed by atoms with Crippen molar-refractivity contribution in [3.63, 3.8) is 0 Å². The van der Waals surface area contributed by atoms with Crippen molar-refractivity contribution in [1.29, 1.82) is 0 Å². The van der Waals surface area contributed by atoms with Gasteiger partial charge in [0.2, 0.25) is 15.9 Å². The maximum absolute atomic E-state index is 12.4. The van der Waals surface area contributed by atoms with Crippen molar-refractivity contribution in [1.82, 2.24) is 0 Å². The van der Waals surface area contributed by atoms with E-state index in [9.17, 15) is 18.0 Å². The Bertz CT molecular complexity index is 920. The van der Waals surface area contributed by atoms with Gasteiger partial charge in [0.15, 0.2) is 0 Å². The number of nitrogens with zero attached hydrogens (tertiary/aromatic N) is 1. The summed E-state index contributed by atoms with van der Waals surface area (Å²) in [6, 6.07) is 13.5. The van der Waals surface area contributed by atoms with Crippen molar-refractivity contribution in [3.05, 3.63) is 59.7 Å². The highest BCUT2D eigenvalue weighted by atomic mass is 32.2. The van der Waals surface area contributed by atoms with Crippen LogP contribution in [0.15, 0.2) is 48.5 Å². The minimum atomic E-state index is -3.60. The van der Waals surface area contributed by atoms with Crippen molar-refractivity contribution in [2.45, 2.75) is 19.8 Å². The lowest BCUT2D eigenvalue weighted by Crippen LogP contribution is -2.29.